The number of halogens is 1. The fraction of sp³-hybridized carbons (Fsp3) is 0.435. The van der Waals surface area contributed by atoms with E-state index in [0.29, 0.717) is 5.02 Å². The van der Waals surface area contributed by atoms with E-state index < -0.39 is 5.60 Å². The van der Waals surface area contributed by atoms with Gasteiger partial charge in [-0.05, 0) is 45.2 Å². The first kappa shape index (κ1) is 20.4. The molecular formula is C23H25ClN6OS. The molecule has 9 heteroatoms. The van der Waals surface area contributed by atoms with Crippen LogP contribution >= 0.6 is 22.9 Å². The molecule has 0 spiro atoms. The van der Waals surface area contributed by atoms with Gasteiger partial charge in [-0.3, -0.25) is 9.58 Å². The van der Waals surface area contributed by atoms with Gasteiger partial charge in [-0.25, -0.2) is 9.97 Å². The van der Waals surface area contributed by atoms with Crippen molar-refractivity contribution >= 4 is 34.0 Å². The number of aromatic amines is 1. The molecule has 0 amide bonds. The van der Waals surface area contributed by atoms with Crippen molar-refractivity contribution in [1.82, 2.24) is 29.6 Å². The summed E-state index contributed by atoms with van der Waals surface area (Å²) in [5, 5.41) is 17.6. The second kappa shape index (κ2) is 7.66. The van der Waals surface area contributed by atoms with Crippen molar-refractivity contribution in [2.24, 2.45) is 7.05 Å². The van der Waals surface area contributed by atoms with Gasteiger partial charge in [0.25, 0.3) is 0 Å². The van der Waals surface area contributed by atoms with Gasteiger partial charge in [0.1, 0.15) is 16.3 Å². The van der Waals surface area contributed by atoms with Crippen molar-refractivity contribution in [3.8, 4) is 21.7 Å². The number of aliphatic hydroxyl groups is 1. The van der Waals surface area contributed by atoms with E-state index in [4.69, 9.17) is 11.6 Å². The largest absolute Gasteiger partial charge is 0.383 e. The summed E-state index contributed by atoms with van der Waals surface area (Å²) >= 11 is 8.31. The fourth-order valence-corrected chi connectivity index (χ4v) is 6.31. The Labute approximate surface area is 195 Å². The molecule has 1 aliphatic heterocycles. The molecule has 6 rings (SSSR count). The molecule has 0 bridgehead atoms. The first-order valence-corrected chi connectivity index (χ1v) is 12.3. The van der Waals surface area contributed by atoms with Crippen molar-refractivity contribution in [2.75, 3.05) is 13.1 Å². The number of hydrogen-bond acceptors (Lipinski definition) is 6. The maximum Gasteiger partial charge on any atom is 0.138 e. The van der Waals surface area contributed by atoms with Gasteiger partial charge in [-0.2, -0.15) is 5.10 Å². The molecule has 1 saturated carbocycles. The zero-order chi connectivity index (χ0) is 21.9. The number of thiazole rings is 1. The number of nitrogens with one attached hydrogen (secondary N) is 1. The third-order valence-corrected chi connectivity index (χ3v) is 8.28. The lowest BCUT2D eigenvalue weighted by atomic mass is 9.81. The monoisotopic (exact) mass is 468 g/mol. The van der Waals surface area contributed by atoms with Gasteiger partial charge in [0.05, 0.1) is 21.8 Å². The summed E-state index contributed by atoms with van der Waals surface area (Å²) in [6.07, 6.45) is 12.5. The van der Waals surface area contributed by atoms with Crippen LogP contribution in [0.2, 0.25) is 5.02 Å². The van der Waals surface area contributed by atoms with Gasteiger partial charge in [0.15, 0.2) is 0 Å². The highest BCUT2D eigenvalue weighted by atomic mass is 35.5. The maximum atomic E-state index is 10.8. The molecule has 4 aromatic heterocycles. The highest BCUT2D eigenvalue weighted by Crippen LogP contribution is 2.47. The van der Waals surface area contributed by atoms with Crippen LogP contribution in [0.5, 0.6) is 0 Å². The van der Waals surface area contributed by atoms with Gasteiger partial charge >= 0.3 is 0 Å². The van der Waals surface area contributed by atoms with Gasteiger partial charge in [0, 0.05) is 54.3 Å². The van der Waals surface area contributed by atoms with Crippen molar-refractivity contribution in [3.63, 3.8) is 0 Å². The number of hydrogen-bond donors (Lipinski definition) is 2. The molecule has 7 nitrogen and oxygen atoms in total. The number of likely N-dealkylation sites (tertiary alicyclic amines) is 1. The standard InChI is InChI=1S/C23H25ClN6OS/c1-29-12-14(9-27-29)20-15(13-30-7-2-3-8-30)18-19(16(24)10-25-21(18)28-20)17-11-26-22(32-17)23(31)5-4-6-23/h9-12,31H,2-8,13H2,1H3,(H,25,28). The lowest BCUT2D eigenvalue weighted by Gasteiger charge is -2.34. The van der Waals surface area contributed by atoms with Gasteiger partial charge in [-0.15, -0.1) is 11.3 Å². The Hall–Kier alpha value is -2.26. The molecule has 0 unspecified atom stereocenters. The number of fused-ring (bicyclic) bond motifs is 1. The molecule has 0 atom stereocenters. The molecule has 5 heterocycles. The van der Waals surface area contributed by atoms with E-state index in [-0.39, 0.29) is 0 Å². The highest BCUT2D eigenvalue weighted by Gasteiger charge is 2.39. The van der Waals surface area contributed by atoms with Crippen LogP contribution in [0.25, 0.3) is 32.7 Å². The van der Waals surface area contributed by atoms with Crippen molar-refractivity contribution in [1.29, 1.82) is 0 Å². The van der Waals surface area contributed by atoms with Crippen LogP contribution in [0, 0.1) is 0 Å². The molecule has 4 aromatic rings. The van der Waals surface area contributed by atoms with Crippen LogP contribution in [0.3, 0.4) is 0 Å². The average Bonchev–Trinajstić information content (AvgIpc) is 3.54. The Balaban J connectivity index is 1.55. The zero-order valence-corrected chi connectivity index (χ0v) is 19.5. The number of pyridine rings is 1. The smallest absolute Gasteiger partial charge is 0.138 e. The molecule has 1 aliphatic carbocycles. The van der Waals surface area contributed by atoms with Crippen molar-refractivity contribution < 1.29 is 5.11 Å². The van der Waals surface area contributed by atoms with E-state index in [1.165, 1.54) is 18.4 Å². The summed E-state index contributed by atoms with van der Waals surface area (Å²) in [6, 6.07) is 0. The van der Waals surface area contributed by atoms with E-state index in [1.807, 2.05) is 30.3 Å². The van der Waals surface area contributed by atoms with Gasteiger partial charge in [-0.1, -0.05) is 11.6 Å². The van der Waals surface area contributed by atoms with Crippen LogP contribution in [0.15, 0.2) is 24.8 Å². The molecule has 166 valence electrons. The summed E-state index contributed by atoms with van der Waals surface area (Å²) in [7, 11) is 1.93. The van der Waals surface area contributed by atoms with E-state index in [2.05, 4.69) is 25.0 Å². The van der Waals surface area contributed by atoms with E-state index >= 15 is 0 Å². The third-order valence-electron chi connectivity index (χ3n) is 6.78. The van der Waals surface area contributed by atoms with Crippen LogP contribution in [-0.2, 0) is 19.2 Å². The molecule has 0 aromatic carbocycles. The number of aryl methyl sites for hydroxylation is 1. The fourth-order valence-electron chi connectivity index (χ4n) is 4.89. The van der Waals surface area contributed by atoms with E-state index in [0.717, 1.165) is 76.6 Å². The minimum atomic E-state index is -0.779. The SMILES string of the molecule is Cn1cc(-c2[nH]c3ncc(Cl)c(-c4cnc(C5(O)CCC5)s4)c3c2CN2CCCC2)cn1. The molecule has 32 heavy (non-hydrogen) atoms. The van der Waals surface area contributed by atoms with Gasteiger partial charge in [0.2, 0.25) is 0 Å². The number of aromatic nitrogens is 5. The lowest BCUT2D eigenvalue weighted by Crippen LogP contribution is -2.33. The Morgan fingerprint density at radius 1 is 1.16 bits per heavy atom. The highest BCUT2D eigenvalue weighted by molar-refractivity contribution is 7.15. The second-order valence-corrected chi connectivity index (χ2v) is 10.4. The van der Waals surface area contributed by atoms with Crippen LogP contribution in [-0.4, -0.2) is 47.8 Å². The normalized spacial score (nSPS) is 18.5. The number of H-pyrrole nitrogens is 1. The molecule has 0 radical (unpaired) electrons. The predicted octanol–water partition coefficient (Wildman–Crippen LogP) is 4.71. The van der Waals surface area contributed by atoms with Crippen LogP contribution < -0.4 is 0 Å². The first-order valence-electron chi connectivity index (χ1n) is 11.1. The van der Waals surface area contributed by atoms with E-state index in [9.17, 15) is 5.11 Å². The average molecular weight is 469 g/mol. The van der Waals surface area contributed by atoms with Crippen LogP contribution in [0.4, 0.5) is 0 Å². The number of rotatable bonds is 5. The van der Waals surface area contributed by atoms with Crippen molar-refractivity contribution in [2.45, 2.75) is 44.2 Å². The minimum absolute atomic E-state index is 0.604. The number of nitrogens with zero attached hydrogens (tertiary/aromatic N) is 5. The quantitative estimate of drug-likeness (QED) is 0.443. The third kappa shape index (κ3) is 3.28. The molecule has 2 fully saturated rings. The van der Waals surface area contributed by atoms with Gasteiger partial charge < -0.3 is 10.1 Å². The van der Waals surface area contributed by atoms with Crippen molar-refractivity contribution in [3.05, 3.63) is 40.4 Å². The molecule has 2 aliphatic rings. The summed E-state index contributed by atoms with van der Waals surface area (Å²) in [5.74, 6) is 0. The van der Waals surface area contributed by atoms with E-state index in [1.54, 1.807) is 17.5 Å². The molecule has 1 saturated heterocycles. The second-order valence-electron chi connectivity index (χ2n) is 8.98. The Bertz CT molecular complexity index is 1300. The topological polar surface area (TPSA) is 82.9 Å². The zero-order valence-electron chi connectivity index (χ0n) is 17.9. The Kier molecular flexibility index (Phi) is 4.87. The summed E-state index contributed by atoms with van der Waals surface area (Å²) in [6.45, 7) is 3.02. The summed E-state index contributed by atoms with van der Waals surface area (Å²) < 4.78 is 1.82. The molecular weight excluding hydrogens is 444 g/mol. The summed E-state index contributed by atoms with van der Waals surface area (Å²) in [5.41, 5.74) is 4.25. The Morgan fingerprint density at radius 3 is 2.66 bits per heavy atom. The predicted molar refractivity (Wildman–Crippen MR) is 127 cm³/mol. The maximum absolute atomic E-state index is 10.8. The van der Waals surface area contributed by atoms with Crippen LogP contribution in [0.1, 0.15) is 42.7 Å². The lowest BCUT2D eigenvalue weighted by molar-refractivity contribution is -0.0389. The first-order chi connectivity index (χ1) is 15.5. The summed E-state index contributed by atoms with van der Waals surface area (Å²) in [4.78, 5) is 16.2. The molecule has 2 N–H and O–H groups in total. The Morgan fingerprint density at radius 2 is 1.97 bits per heavy atom. The minimum Gasteiger partial charge on any atom is -0.383 e.